The van der Waals surface area contributed by atoms with Gasteiger partial charge in [0.05, 0.1) is 6.16 Å². The normalized spacial score (nSPS) is 12.2. The fraction of sp³-hybridized carbons (Fsp3) is 0.172. The molecule has 4 aromatic carbocycles. The van der Waals surface area contributed by atoms with Gasteiger partial charge >= 0.3 is 0 Å². The maximum atomic E-state index is 2.52. The molecule has 31 heavy (non-hydrogen) atoms. The summed E-state index contributed by atoms with van der Waals surface area (Å²) in [6.07, 6.45) is 3.67. The Bertz CT molecular complexity index is 1180. The van der Waals surface area contributed by atoms with Gasteiger partial charge < -0.3 is 0 Å². The largest absolute Gasteiger partial charge is 0.241 e. The average molecular weight is 421 g/mol. The lowest BCUT2D eigenvalue weighted by molar-refractivity contribution is 1.49. The Morgan fingerprint density at radius 1 is 0.710 bits per heavy atom. The topological polar surface area (TPSA) is 0 Å². The van der Waals surface area contributed by atoms with E-state index in [1.807, 2.05) is 0 Å². The van der Waals surface area contributed by atoms with Crippen LogP contribution >= 0.6 is 7.26 Å². The molecule has 0 heterocycles. The summed E-state index contributed by atoms with van der Waals surface area (Å²) in [4.78, 5) is 0. The monoisotopic (exact) mass is 421 g/mol. The van der Waals surface area contributed by atoms with E-state index in [1.54, 1.807) is 0 Å². The zero-order valence-electron chi connectivity index (χ0n) is 19.0. The number of benzene rings is 4. The van der Waals surface area contributed by atoms with Crippen LogP contribution in [0.4, 0.5) is 0 Å². The van der Waals surface area contributed by atoms with Gasteiger partial charge in [-0.3, -0.25) is 0 Å². The third-order valence-electron chi connectivity index (χ3n) is 5.80. The van der Waals surface area contributed by atoms with E-state index < -0.39 is 7.26 Å². The first kappa shape index (κ1) is 21.6. The number of fused-ring (bicyclic) bond motifs is 1. The highest BCUT2D eigenvalue weighted by molar-refractivity contribution is 7.73. The van der Waals surface area contributed by atoms with Gasteiger partial charge in [-0.05, 0) is 29.3 Å². The number of aryl methyl sites for hydroxylation is 1. The molecule has 0 N–H and O–H groups in total. The second-order valence-corrected chi connectivity index (χ2v) is 14.4. The molecule has 0 aliphatic heterocycles. The summed E-state index contributed by atoms with van der Waals surface area (Å²) in [5, 5.41) is 2.59. The van der Waals surface area contributed by atoms with Crippen LogP contribution in [0.1, 0.15) is 11.1 Å². The fourth-order valence-corrected chi connectivity index (χ4v) is 4.84. The van der Waals surface area contributed by atoms with Crippen LogP contribution in [0, 0.1) is 6.92 Å². The van der Waals surface area contributed by atoms with Gasteiger partial charge in [0, 0.05) is 27.3 Å². The van der Waals surface area contributed by atoms with Gasteiger partial charge in [0.25, 0.3) is 0 Å². The van der Waals surface area contributed by atoms with Crippen LogP contribution < -0.4 is 10.9 Å². The molecule has 0 amide bonds. The summed E-state index contributed by atoms with van der Waals surface area (Å²) in [5.41, 5.74) is 6.73. The van der Waals surface area contributed by atoms with E-state index in [4.69, 9.17) is 0 Å². The predicted octanol–water partition coefficient (Wildman–Crippen LogP) is 6.29. The second-order valence-electron chi connectivity index (χ2n) is 9.45. The molecule has 0 atom stereocenters. The summed E-state index contributed by atoms with van der Waals surface area (Å²) >= 11 is 0. The lowest BCUT2D eigenvalue weighted by atomic mass is 9.35. The van der Waals surface area contributed by atoms with E-state index in [1.165, 1.54) is 38.3 Å². The Balaban J connectivity index is 1.92. The Labute approximate surface area is 188 Å². The third-order valence-corrected chi connectivity index (χ3v) is 7.07. The van der Waals surface area contributed by atoms with Crippen molar-refractivity contribution >= 4 is 41.1 Å². The Hall–Kier alpha value is -2.63. The molecule has 0 fully saturated rings. The molecule has 0 nitrogen and oxygen atoms in total. The molecular formula is C29H31BP+. The van der Waals surface area contributed by atoms with Gasteiger partial charge in [-0.25, -0.2) is 0 Å². The Morgan fingerprint density at radius 2 is 1.32 bits per heavy atom. The predicted molar refractivity (Wildman–Crippen MR) is 144 cm³/mol. The highest BCUT2D eigenvalue weighted by Crippen LogP contribution is 2.46. The van der Waals surface area contributed by atoms with E-state index in [0.29, 0.717) is 0 Å². The van der Waals surface area contributed by atoms with Crippen molar-refractivity contribution < 1.29 is 0 Å². The maximum Gasteiger partial charge on any atom is 0.241 e. The second kappa shape index (κ2) is 9.25. The van der Waals surface area contributed by atoms with Crippen molar-refractivity contribution in [3.05, 3.63) is 114 Å². The van der Waals surface area contributed by atoms with Crippen LogP contribution in [-0.4, -0.2) is 32.9 Å². The highest BCUT2D eigenvalue weighted by Gasteiger charge is 2.26. The highest BCUT2D eigenvalue weighted by atomic mass is 31.2. The van der Waals surface area contributed by atoms with Crippen LogP contribution in [0.25, 0.3) is 16.2 Å². The zero-order valence-corrected chi connectivity index (χ0v) is 19.9. The molecule has 0 aliphatic rings. The molecule has 0 bridgehead atoms. The van der Waals surface area contributed by atoms with Crippen LogP contribution in [0.15, 0.2) is 103 Å². The molecule has 0 unspecified atom stereocenters. The molecular weight excluding hydrogens is 390 g/mol. The number of rotatable bonds is 6. The molecule has 0 saturated carbocycles. The van der Waals surface area contributed by atoms with E-state index in [0.717, 1.165) is 6.16 Å². The van der Waals surface area contributed by atoms with Gasteiger partial charge in [0.1, 0.15) is 0 Å². The van der Waals surface area contributed by atoms with Crippen LogP contribution in [-0.2, 0) is 0 Å². The first-order chi connectivity index (χ1) is 14.9. The first-order valence-corrected chi connectivity index (χ1v) is 14.3. The molecule has 154 valence electrons. The van der Waals surface area contributed by atoms with Crippen molar-refractivity contribution in [3.63, 3.8) is 0 Å². The SMILES string of the molecule is Cc1ccc(B(/C(=C\C[P+](C)(C)C)c2ccc3ccccc3c2)c2ccccc2)cc1. The molecule has 0 aromatic heterocycles. The van der Waals surface area contributed by atoms with Crippen LogP contribution in [0.5, 0.6) is 0 Å². The van der Waals surface area contributed by atoms with E-state index in [-0.39, 0.29) is 6.71 Å². The summed E-state index contributed by atoms with van der Waals surface area (Å²) in [6, 6.07) is 35.6. The van der Waals surface area contributed by atoms with Crippen molar-refractivity contribution in [2.75, 3.05) is 26.2 Å². The van der Waals surface area contributed by atoms with Gasteiger partial charge in [0.2, 0.25) is 6.71 Å². The van der Waals surface area contributed by atoms with E-state index >= 15 is 0 Å². The maximum absolute atomic E-state index is 2.52. The lowest BCUT2D eigenvalue weighted by Gasteiger charge is -2.21. The Kier molecular flexibility index (Phi) is 6.44. The van der Waals surface area contributed by atoms with Crippen LogP contribution in [0.3, 0.4) is 0 Å². The van der Waals surface area contributed by atoms with Crippen molar-refractivity contribution in [2.45, 2.75) is 6.92 Å². The number of hydrogen-bond acceptors (Lipinski definition) is 0. The van der Waals surface area contributed by atoms with Gasteiger partial charge in [0.15, 0.2) is 0 Å². The standard InChI is InChI=1S/C29H31BP/c1-23-14-18-28(19-15-23)30(27-12-6-5-7-13-27)29(20-21-31(2,3)4)26-17-16-24-10-8-9-11-25(24)22-26/h5-20,22H,21H2,1-4H3/q+1/b29-20-. The molecule has 0 radical (unpaired) electrons. The van der Waals surface area contributed by atoms with Crippen molar-refractivity contribution in [3.8, 4) is 0 Å². The minimum Gasteiger partial charge on any atom is -0.0687 e. The van der Waals surface area contributed by atoms with E-state index in [2.05, 4.69) is 130 Å². The molecule has 0 aliphatic carbocycles. The average Bonchev–Trinajstić information content (AvgIpc) is 2.77. The van der Waals surface area contributed by atoms with Crippen molar-refractivity contribution in [1.29, 1.82) is 0 Å². The van der Waals surface area contributed by atoms with Crippen molar-refractivity contribution in [2.24, 2.45) is 0 Å². The fourth-order valence-electron chi connectivity index (χ4n) is 4.10. The van der Waals surface area contributed by atoms with Crippen molar-refractivity contribution in [1.82, 2.24) is 0 Å². The summed E-state index contributed by atoms with van der Waals surface area (Å²) in [5.74, 6) is 0. The summed E-state index contributed by atoms with van der Waals surface area (Å²) < 4.78 is 0. The molecule has 4 rings (SSSR count). The summed E-state index contributed by atoms with van der Waals surface area (Å²) in [7, 11) is -0.945. The molecule has 4 aromatic rings. The minimum atomic E-state index is -0.945. The quantitative estimate of drug-likeness (QED) is 0.254. The number of allylic oxidation sites excluding steroid dienone is 1. The van der Waals surface area contributed by atoms with Gasteiger partial charge in [-0.15, -0.1) is 0 Å². The zero-order chi connectivity index (χ0) is 21.8. The summed E-state index contributed by atoms with van der Waals surface area (Å²) in [6.45, 7) is 9.64. The lowest BCUT2D eigenvalue weighted by Crippen LogP contribution is -2.43. The Morgan fingerprint density at radius 3 is 2.00 bits per heavy atom. The first-order valence-electron chi connectivity index (χ1n) is 11.0. The molecule has 0 saturated heterocycles. The molecule has 0 spiro atoms. The molecule has 2 heteroatoms. The smallest absolute Gasteiger partial charge is 0.0687 e. The van der Waals surface area contributed by atoms with Gasteiger partial charge in [-0.1, -0.05) is 119 Å². The minimum absolute atomic E-state index is 0.217. The van der Waals surface area contributed by atoms with Gasteiger partial charge in [-0.2, -0.15) is 0 Å². The third kappa shape index (κ3) is 5.35. The van der Waals surface area contributed by atoms with Crippen LogP contribution in [0.2, 0.25) is 0 Å². The van der Waals surface area contributed by atoms with E-state index in [9.17, 15) is 0 Å². The number of hydrogen-bond donors (Lipinski definition) is 0.